The van der Waals surface area contributed by atoms with Gasteiger partial charge >= 0.3 is 11.3 Å². The molecule has 0 atom stereocenters. The number of aryl methyl sites for hydroxylation is 2. The van der Waals surface area contributed by atoms with Gasteiger partial charge in [-0.2, -0.15) is 0 Å². The van der Waals surface area contributed by atoms with E-state index in [0.717, 1.165) is 12.0 Å². The van der Waals surface area contributed by atoms with Crippen LogP contribution in [0.25, 0.3) is 11.0 Å². The van der Waals surface area contributed by atoms with Gasteiger partial charge < -0.3 is 17.0 Å². The molecule has 1 aliphatic rings. The molecular formula is C13H13BrO. The van der Waals surface area contributed by atoms with Crippen LogP contribution in [0.3, 0.4) is 0 Å². The molecule has 0 bridgehead atoms. The van der Waals surface area contributed by atoms with Crippen molar-refractivity contribution in [2.75, 3.05) is 0 Å². The van der Waals surface area contributed by atoms with Crippen LogP contribution in [0.2, 0.25) is 0 Å². The molecule has 3 rings (SSSR count). The van der Waals surface area contributed by atoms with Crippen molar-refractivity contribution in [1.29, 1.82) is 0 Å². The van der Waals surface area contributed by atoms with E-state index in [9.17, 15) is 0 Å². The van der Waals surface area contributed by atoms with Gasteiger partial charge in [-0.15, -0.1) is 0 Å². The summed E-state index contributed by atoms with van der Waals surface area (Å²) < 4.78 is 5.88. The molecule has 0 unspecified atom stereocenters. The Morgan fingerprint density at radius 2 is 1.80 bits per heavy atom. The summed E-state index contributed by atoms with van der Waals surface area (Å²) in [6.07, 6.45) is 4.87. The third-order valence-electron chi connectivity index (χ3n) is 2.94. The van der Waals surface area contributed by atoms with E-state index in [0.29, 0.717) is 0 Å². The minimum absolute atomic E-state index is 0. The highest BCUT2D eigenvalue weighted by molar-refractivity contribution is 5.77. The van der Waals surface area contributed by atoms with Crippen molar-refractivity contribution in [3.8, 4) is 0 Å². The molecule has 0 saturated heterocycles. The minimum atomic E-state index is 0. The quantitative estimate of drug-likeness (QED) is 0.635. The van der Waals surface area contributed by atoms with Crippen LogP contribution in [-0.2, 0) is 12.8 Å². The first-order valence-corrected chi connectivity index (χ1v) is 5.27. The van der Waals surface area contributed by atoms with Gasteiger partial charge in [-0.05, 0) is 31.4 Å². The van der Waals surface area contributed by atoms with E-state index in [1.807, 2.05) is 12.1 Å². The number of halogens is 1. The van der Waals surface area contributed by atoms with Gasteiger partial charge in [-0.25, -0.2) is 4.42 Å². The van der Waals surface area contributed by atoms with Crippen LogP contribution in [0.4, 0.5) is 0 Å². The van der Waals surface area contributed by atoms with E-state index in [1.165, 1.54) is 36.0 Å². The second-order valence-electron chi connectivity index (χ2n) is 3.94. The number of benzene rings is 1. The number of hydrogen-bond acceptors (Lipinski definition) is 0. The maximum atomic E-state index is 5.88. The lowest BCUT2D eigenvalue weighted by atomic mass is 9.96. The van der Waals surface area contributed by atoms with Crippen molar-refractivity contribution < 1.29 is 21.4 Å². The van der Waals surface area contributed by atoms with Crippen LogP contribution in [0, 0.1) is 0 Å². The summed E-state index contributed by atoms with van der Waals surface area (Å²) in [7, 11) is 0. The lowest BCUT2D eigenvalue weighted by molar-refractivity contribution is -0.00000332. The average Bonchev–Trinajstić information content (AvgIpc) is 2.26. The predicted octanol–water partition coefficient (Wildman–Crippen LogP) is 0.597. The largest absolute Gasteiger partial charge is 1.00 e. The summed E-state index contributed by atoms with van der Waals surface area (Å²) in [4.78, 5) is 0. The van der Waals surface area contributed by atoms with Crippen molar-refractivity contribution in [3.05, 3.63) is 41.7 Å². The van der Waals surface area contributed by atoms with Crippen molar-refractivity contribution in [1.82, 2.24) is 0 Å². The second kappa shape index (κ2) is 4.31. The predicted molar refractivity (Wildman–Crippen MR) is 57.3 cm³/mol. The van der Waals surface area contributed by atoms with Crippen molar-refractivity contribution in [3.63, 3.8) is 0 Å². The zero-order chi connectivity index (χ0) is 9.38. The molecule has 0 spiro atoms. The van der Waals surface area contributed by atoms with Gasteiger partial charge in [0.2, 0.25) is 0 Å². The molecule has 0 N–H and O–H groups in total. The Morgan fingerprint density at radius 1 is 1.00 bits per heavy atom. The molecule has 15 heavy (non-hydrogen) atoms. The van der Waals surface area contributed by atoms with Crippen molar-refractivity contribution >= 4 is 11.0 Å². The molecule has 78 valence electrons. The van der Waals surface area contributed by atoms with E-state index >= 15 is 0 Å². The monoisotopic (exact) mass is 264 g/mol. The summed E-state index contributed by atoms with van der Waals surface area (Å²) in [5, 5.41) is 1.23. The molecule has 0 amide bonds. The number of hydrogen-bond donors (Lipinski definition) is 0. The summed E-state index contributed by atoms with van der Waals surface area (Å²) in [6.45, 7) is 0. The highest BCUT2D eigenvalue weighted by Gasteiger charge is 2.21. The number of fused-ring (bicyclic) bond motifs is 2. The molecule has 0 aliphatic heterocycles. The SMILES string of the molecule is [Br-].c1ccc2[o+]c3c(cc2c1)CCCC3. The van der Waals surface area contributed by atoms with E-state index < -0.39 is 0 Å². The van der Waals surface area contributed by atoms with Crippen molar-refractivity contribution in [2.24, 2.45) is 0 Å². The van der Waals surface area contributed by atoms with Gasteiger partial charge in [0.05, 0.1) is 17.4 Å². The van der Waals surface area contributed by atoms with Gasteiger partial charge in [0, 0.05) is 6.07 Å². The number of rotatable bonds is 0. The Balaban J connectivity index is 0.000000853. The summed E-state index contributed by atoms with van der Waals surface area (Å²) in [5.41, 5.74) is 2.43. The Kier molecular flexibility index (Phi) is 3.06. The Bertz CT molecular complexity index is 434. The van der Waals surface area contributed by atoms with Crippen molar-refractivity contribution in [2.45, 2.75) is 25.7 Å². The summed E-state index contributed by atoms with van der Waals surface area (Å²) in [5.74, 6) is 1.20. The molecule has 0 radical (unpaired) electrons. The van der Waals surface area contributed by atoms with Gasteiger partial charge in [-0.1, -0.05) is 12.1 Å². The van der Waals surface area contributed by atoms with Gasteiger partial charge in [0.25, 0.3) is 0 Å². The Morgan fingerprint density at radius 3 is 2.73 bits per heavy atom. The van der Waals surface area contributed by atoms with Crippen LogP contribution in [-0.4, -0.2) is 0 Å². The van der Waals surface area contributed by atoms with E-state index in [-0.39, 0.29) is 17.0 Å². The van der Waals surface area contributed by atoms with Crippen LogP contribution in [0.1, 0.15) is 24.2 Å². The van der Waals surface area contributed by atoms with Crippen LogP contribution < -0.4 is 17.0 Å². The zero-order valence-corrected chi connectivity index (χ0v) is 10.1. The average molecular weight is 265 g/mol. The normalized spacial score (nSPS) is 14.4. The fraction of sp³-hybridized carbons (Fsp3) is 0.308. The molecule has 0 saturated carbocycles. The van der Waals surface area contributed by atoms with Gasteiger partial charge in [0.15, 0.2) is 0 Å². The first-order chi connectivity index (χ1) is 6.93. The Labute approximate surface area is 99.9 Å². The van der Waals surface area contributed by atoms with Crippen LogP contribution >= 0.6 is 0 Å². The molecular weight excluding hydrogens is 252 g/mol. The zero-order valence-electron chi connectivity index (χ0n) is 8.50. The lowest BCUT2D eigenvalue weighted by Crippen LogP contribution is -3.00. The van der Waals surface area contributed by atoms with Gasteiger partial charge in [0.1, 0.15) is 0 Å². The molecule has 1 aliphatic carbocycles. The summed E-state index contributed by atoms with van der Waals surface area (Å²) >= 11 is 0. The molecule has 1 nitrogen and oxygen atoms in total. The Hall–Kier alpha value is -0.890. The van der Waals surface area contributed by atoms with E-state index in [1.54, 1.807) is 0 Å². The second-order valence-corrected chi connectivity index (χ2v) is 3.94. The number of para-hydroxylation sites is 1. The fourth-order valence-corrected chi connectivity index (χ4v) is 2.18. The van der Waals surface area contributed by atoms with Crippen LogP contribution in [0.5, 0.6) is 0 Å². The maximum absolute atomic E-state index is 5.88. The van der Waals surface area contributed by atoms with Gasteiger partial charge in [-0.3, -0.25) is 0 Å². The van der Waals surface area contributed by atoms with Crippen LogP contribution in [0.15, 0.2) is 34.7 Å². The maximum Gasteiger partial charge on any atom is 0.360 e. The molecule has 1 aromatic carbocycles. The van der Waals surface area contributed by atoms with E-state index in [2.05, 4.69) is 18.2 Å². The molecule has 0 fully saturated rings. The third kappa shape index (κ3) is 1.91. The highest BCUT2D eigenvalue weighted by Crippen LogP contribution is 2.26. The first kappa shape index (κ1) is 10.6. The minimum Gasteiger partial charge on any atom is -1.00 e. The standard InChI is InChI=1S/C13H13O.BrH/c1-3-7-12-10(5-1)9-11-6-2-4-8-13(11)14-12;/h1,3,5,7,9H,2,4,6,8H2;1H/q+1;/p-1. The molecule has 1 heterocycles. The van der Waals surface area contributed by atoms with E-state index in [4.69, 9.17) is 4.42 Å². The topological polar surface area (TPSA) is 11.3 Å². The molecule has 2 heteroatoms. The lowest BCUT2D eigenvalue weighted by Gasteiger charge is -2.06. The third-order valence-corrected chi connectivity index (χ3v) is 2.94. The molecule has 2 aromatic rings. The summed E-state index contributed by atoms with van der Waals surface area (Å²) in [6, 6.07) is 10.5. The first-order valence-electron chi connectivity index (χ1n) is 5.27. The smallest absolute Gasteiger partial charge is 0.360 e. The highest BCUT2D eigenvalue weighted by atomic mass is 79.9. The fourth-order valence-electron chi connectivity index (χ4n) is 2.18. The molecule has 1 aromatic heterocycles.